The van der Waals surface area contributed by atoms with E-state index in [2.05, 4.69) is 16.0 Å². The first-order valence-electron chi connectivity index (χ1n) is 12.0. The molecule has 3 N–H and O–H groups in total. The van der Waals surface area contributed by atoms with E-state index in [-0.39, 0.29) is 35.7 Å². The third-order valence-electron chi connectivity index (χ3n) is 6.58. The molecule has 1 aliphatic heterocycles. The first-order valence-corrected chi connectivity index (χ1v) is 12.0. The summed E-state index contributed by atoms with van der Waals surface area (Å²) < 4.78 is 0. The van der Waals surface area contributed by atoms with Gasteiger partial charge in [0, 0.05) is 30.4 Å². The molecule has 1 fully saturated rings. The normalized spacial score (nSPS) is 16.0. The highest BCUT2D eigenvalue weighted by molar-refractivity contribution is 5.97. The zero-order valence-electron chi connectivity index (χ0n) is 20.5. The molecule has 0 aliphatic carbocycles. The molecular weight excluding hydrogens is 428 g/mol. The van der Waals surface area contributed by atoms with E-state index in [0.29, 0.717) is 31.5 Å². The molecule has 0 saturated carbocycles. The van der Waals surface area contributed by atoms with E-state index in [4.69, 9.17) is 0 Å². The summed E-state index contributed by atoms with van der Waals surface area (Å²) in [5, 5.41) is 8.96. The average molecular weight is 465 g/mol. The minimum Gasteiger partial charge on any atom is -0.352 e. The van der Waals surface area contributed by atoms with Gasteiger partial charge in [0.05, 0.1) is 0 Å². The fourth-order valence-electron chi connectivity index (χ4n) is 3.97. The fourth-order valence-corrected chi connectivity index (χ4v) is 3.97. The van der Waals surface area contributed by atoms with Crippen molar-refractivity contribution in [2.75, 3.05) is 18.4 Å². The number of nitrogens with zero attached hydrogens (tertiary/aromatic N) is 1. The molecule has 0 spiro atoms. The van der Waals surface area contributed by atoms with Crippen molar-refractivity contribution in [3.63, 3.8) is 0 Å². The van der Waals surface area contributed by atoms with E-state index in [1.165, 1.54) is 0 Å². The zero-order valence-corrected chi connectivity index (χ0v) is 20.5. The van der Waals surface area contributed by atoms with Crippen molar-refractivity contribution in [3.05, 3.63) is 65.7 Å². The molecule has 2 aromatic carbocycles. The van der Waals surface area contributed by atoms with Gasteiger partial charge in [-0.3, -0.25) is 9.59 Å². The van der Waals surface area contributed by atoms with Gasteiger partial charge in [0.25, 0.3) is 5.91 Å². The summed E-state index contributed by atoms with van der Waals surface area (Å²) in [7, 11) is 0. The third kappa shape index (κ3) is 6.83. The van der Waals surface area contributed by atoms with Gasteiger partial charge in [-0.15, -0.1) is 0 Å². The van der Waals surface area contributed by atoms with Crippen molar-refractivity contribution < 1.29 is 14.4 Å². The van der Waals surface area contributed by atoms with Crippen LogP contribution in [-0.4, -0.2) is 47.9 Å². The van der Waals surface area contributed by atoms with Crippen molar-refractivity contribution >= 4 is 23.5 Å². The van der Waals surface area contributed by atoms with Crippen molar-refractivity contribution in [2.24, 2.45) is 11.8 Å². The minimum absolute atomic E-state index is 0.0102. The van der Waals surface area contributed by atoms with Gasteiger partial charge in [-0.2, -0.15) is 0 Å². The van der Waals surface area contributed by atoms with Gasteiger partial charge in [0.1, 0.15) is 6.04 Å². The number of piperidine rings is 1. The first kappa shape index (κ1) is 25.3. The van der Waals surface area contributed by atoms with Crippen molar-refractivity contribution in [2.45, 2.75) is 52.6 Å². The van der Waals surface area contributed by atoms with Gasteiger partial charge < -0.3 is 20.9 Å². The Morgan fingerprint density at radius 2 is 1.50 bits per heavy atom. The van der Waals surface area contributed by atoms with Gasteiger partial charge in [0.2, 0.25) is 5.91 Å². The van der Waals surface area contributed by atoms with Crippen LogP contribution in [0.5, 0.6) is 0 Å². The summed E-state index contributed by atoms with van der Waals surface area (Å²) in [4.78, 5) is 40.5. The molecule has 0 aromatic heterocycles. The topological polar surface area (TPSA) is 90.5 Å². The molecule has 1 saturated heterocycles. The molecule has 7 heteroatoms. The Morgan fingerprint density at radius 1 is 0.882 bits per heavy atom. The lowest BCUT2D eigenvalue weighted by Crippen LogP contribution is -2.55. The fraction of sp³-hybridized carbons (Fsp3) is 0.444. The highest BCUT2D eigenvalue weighted by Crippen LogP contribution is 2.23. The lowest BCUT2D eigenvalue weighted by molar-refractivity contribution is -0.125. The molecule has 0 bridgehead atoms. The van der Waals surface area contributed by atoms with Crippen LogP contribution in [0.2, 0.25) is 0 Å². The molecule has 1 aliphatic rings. The number of nitrogens with one attached hydrogen (secondary N) is 3. The molecule has 2 atom stereocenters. The summed E-state index contributed by atoms with van der Waals surface area (Å²) in [6.07, 6.45) is 1.26. The molecule has 0 unspecified atom stereocenters. The molecule has 3 rings (SSSR count). The number of hydrogen-bond acceptors (Lipinski definition) is 3. The summed E-state index contributed by atoms with van der Waals surface area (Å²) in [6.45, 7) is 9.11. The lowest BCUT2D eigenvalue weighted by atomic mass is 9.88. The van der Waals surface area contributed by atoms with Crippen LogP contribution in [0.1, 0.15) is 49.5 Å². The minimum atomic E-state index is -0.656. The maximum Gasteiger partial charge on any atom is 0.321 e. The van der Waals surface area contributed by atoms with Crippen molar-refractivity contribution in [1.82, 2.24) is 15.5 Å². The van der Waals surface area contributed by atoms with Crippen LogP contribution in [0.25, 0.3) is 0 Å². The number of hydrogen-bond donors (Lipinski definition) is 3. The number of aryl methyl sites for hydroxylation is 1. The molecule has 34 heavy (non-hydrogen) atoms. The number of urea groups is 1. The number of amides is 4. The van der Waals surface area contributed by atoms with Crippen LogP contribution < -0.4 is 16.0 Å². The second-order valence-electron chi connectivity index (χ2n) is 9.48. The van der Waals surface area contributed by atoms with E-state index in [1.807, 2.05) is 58.0 Å². The zero-order chi connectivity index (χ0) is 24.7. The summed E-state index contributed by atoms with van der Waals surface area (Å²) >= 11 is 0. The SMILES string of the molecule is Cc1ccc(NC(=O)N2CCC([C@@H](NC(=O)c3ccccc3)C(=O)N[C@H](C)C(C)C)CC2)cc1. The monoisotopic (exact) mass is 464 g/mol. The van der Waals surface area contributed by atoms with Crippen LogP contribution in [0, 0.1) is 18.8 Å². The number of carbonyl (C=O) groups is 3. The molecular formula is C27H36N4O3. The lowest BCUT2D eigenvalue weighted by Gasteiger charge is -2.36. The number of rotatable bonds is 7. The van der Waals surface area contributed by atoms with Crippen LogP contribution in [0.4, 0.5) is 10.5 Å². The quantitative estimate of drug-likeness (QED) is 0.574. The van der Waals surface area contributed by atoms with Gasteiger partial charge >= 0.3 is 6.03 Å². The first-order chi connectivity index (χ1) is 16.2. The smallest absolute Gasteiger partial charge is 0.321 e. The van der Waals surface area contributed by atoms with E-state index in [0.717, 1.165) is 11.3 Å². The Balaban J connectivity index is 1.65. The van der Waals surface area contributed by atoms with Crippen molar-refractivity contribution in [3.8, 4) is 0 Å². The van der Waals surface area contributed by atoms with E-state index in [1.54, 1.807) is 29.2 Å². The van der Waals surface area contributed by atoms with Gasteiger partial charge in [-0.05, 0) is 62.8 Å². The highest BCUT2D eigenvalue weighted by atomic mass is 16.2. The van der Waals surface area contributed by atoms with E-state index in [9.17, 15) is 14.4 Å². The predicted octanol–water partition coefficient (Wildman–Crippen LogP) is 4.20. The summed E-state index contributed by atoms with van der Waals surface area (Å²) in [5.41, 5.74) is 2.41. The maximum atomic E-state index is 13.2. The molecule has 1 heterocycles. The molecule has 7 nitrogen and oxygen atoms in total. The Bertz CT molecular complexity index is 967. The molecule has 4 amide bonds. The Morgan fingerprint density at radius 3 is 2.09 bits per heavy atom. The van der Waals surface area contributed by atoms with E-state index >= 15 is 0 Å². The van der Waals surface area contributed by atoms with Crippen LogP contribution >= 0.6 is 0 Å². The average Bonchev–Trinajstić information content (AvgIpc) is 2.84. The number of benzene rings is 2. The van der Waals surface area contributed by atoms with Crippen molar-refractivity contribution in [1.29, 1.82) is 0 Å². The molecule has 0 radical (unpaired) electrons. The van der Waals surface area contributed by atoms with Crippen LogP contribution in [0.15, 0.2) is 54.6 Å². The van der Waals surface area contributed by atoms with Crippen LogP contribution in [0.3, 0.4) is 0 Å². The standard InChI is InChI=1S/C27H36N4O3/c1-18(2)20(4)28-26(33)24(30-25(32)22-8-6-5-7-9-22)21-14-16-31(17-15-21)27(34)29-23-12-10-19(3)11-13-23/h5-13,18,20-21,24H,14-17H2,1-4H3,(H,28,33)(H,29,34)(H,30,32)/t20-,24-/m1/s1. The largest absolute Gasteiger partial charge is 0.352 e. The van der Waals surface area contributed by atoms with Gasteiger partial charge in [-0.25, -0.2) is 4.79 Å². The Labute approximate surface area is 202 Å². The second-order valence-corrected chi connectivity index (χ2v) is 9.48. The molecule has 182 valence electrons. The van der Waals surface area contributed by atoms with Gasteiger partial charge in [-0.1, -0.05) is 49.7 Å². The third-order valence-corrected chi connectivity index (χ3v) is 6.58. The number of anilines is 1. The summed E-state index contributed by atoms with van der Waals surface area (Å²) in [5.74, 6) is -0.220. The highest BCUT2D eigenvalue weighted by Gasteiger charge is 2.34. The predicted molar refractivity (Wildman–Crippen MR) is 135 cm³/mol. The Hall–Kier alpha value is -3.35. The second kappa shape index (κ2) is 11.7. The van der Waals surface area contributed by atoms with Gasteiger partial charge in [0.15, 0.2) is 0 Å². The number of likely N-dealkylation sites (tertiary alicyclic amines) is 1. The Kier molecular flexibility index (Phi) is 8.68. The number of carbonyl (C=O) groups excluding carboxylic acids is 3. The summed E-state index contributed by atoms with van der Waals surface area (Å²) in [6, 6.07) is 15.8. The van der Waals surface area contributed by atoms with Crippen LogP contribution in [-0.2, 0) is 4.79 Å². The van der Waals surface area contributed by atoms with E-state index < -0.39 is 6.04 Å². The molecule has 2 aromatic rings. The maximum absolute atomic E-state index is 13.2.